The summed E-state index contributed by atoms with van der Waals surface area (Å²) in [5.74, 6) is 0. The molecule has 1 aromatic carbocycles. The van der Waals surface area contributed by atoms with E-state index >= 15 is 0 Å². The van der Waals surface area contributed by atoms with Crippen LogP contribution < -0.4 is 4.90 Å². The zero-order valence-electron chi connectivity index (χ0n) is 12.6. The van der Waals surface area contributed by atoms with E-state index in [1.54, 1.807) is 0 Å². The van der Waals surface area contributed by atoms with Crippen molar-refractivity contribution in [1.29, 1.82) is 0 Å². The predicted octanol–water partition coefficient (Wildman–Crippen LogP) is 2.12. The molecule has 1 aliphatic heterocycles. The van der Waals surface area contributed by atoms with Crippen molar-refractivity contribution in [1.82, 2.24) is 0 Å². The molecule has 22 heavy (non-hydrogen) atoms. The number of aryl methyl sites for hydroxylation is 1. The van der Waals surface area contributed by atoms with E-state index in [4.69, 9.17) is 14.2 Å². The molecule has 7 heteroatoms. The van der Waals surface area contributed by atoms with Gasteiger partial charge in [0.15, 0.2) is 6.10 Å². The highest BCUT2D eigenvalue weighted by atomic mass is 16.8. The standard InChI is InChI=1S/C15H19NO6/c1-11-3-5-12(6-4-11)16(7-8-20-14(17)19-2)9-13-10-21-15(18)22-13/h3-6,13H,7-10H2,1-2H3. The van der Waals surface area contributed by atoms with Gasteiger partial charge in [-0.25, -0.2) is 9.59 Å². The van der Waals surface area contributed by atoms with Crippen molar-refractivity contribution in [3.8, 4) is 0 Å². The second-order valence-corrected chi connectivity index (χ2v) is 4.89. The van der Waals surface area contributed by atoms with Crippen LogP contribution in [0.15, 0.2) is 24.3 Å². The Labute approximate surface area is 128 Å². The molecular weight excluding hydrogens is 290 g/mol. The first-order valence-electron chi connectivity index (χ1n) is 6.94. The third-order valence-electron chi connectivity index (χ3n) is 3.22. The summed E-state index contributed by atoms with van der Waals surface area (Å²) >= 11 is 0. The van der Waals surface area contributed by atoms with E-state index in [-0.39, 0.29) is 19.3 Å². The van der Waals surface area contributed by atoms with Gasteiger partial charge < -0.3 is 23.8 Å². The molecule has 0 saturated carbocycles. The summed E-state index contributed by atoms with van der Waals surface area (Å²) in [6.07, 6.45) is -1.72. The van der Waals surface area contributed by atoms with Gasteiger partial charge >= 0.3 is 12.3 Å². The Morgan fingerprint density at radius 2 is 2.09 bits per heavy atom. The average Bonchev–Trinajstić information content (AvgIpc) is 2.92. The fourth-order valence-corrected chi connectivity index (χ4v) is 2.08. The first-order valence-corrected chi connectivity index (χ1v) is 6.94. The van der Waals surface area contributed by atoms with Crippen LogP contribution in [0.4, 0.5) is 15.3 Å². The number of carbonyl (C=O) groups is 2. The Balaban J connectivity index is 1.98. The molecule has 1 aromatic rings. The van der Waals surface area contributed by atoms with Crippen molar-refractivity contribution >= 4 is 18.0 Å². The van der Waals surface area contributed by atoms with Gasteiger partial charge in [-0.2, -0.15) is 0 Å². The second-order valence-electron chi connectivity index (χ2n) is 4.89. The summed E-state index contributed by atoms with van der Waals surface area (Å²) in [4.78, 5) is 24.0. The highest BCUT2D eigenvalue weighted by Crippen LogP contribution is 2.17. The topological polar surface area (TPSA) is 74.3 Å². The van der Waals surface area contributed by atoms with E-state index in [0.717, 1.165) is 11.3 Å². The van der Waals surface area contributed by atoms with Gasteiger partial charge in [-0.3, -0.25) is 0 Å². The van der Waals surface area contributed by atoms with Crippen LogP contribution in [0.1, 0.15) is 5.56 Å². The minimum atomic E-state index is -0.723. The number of methoxy groups -OCH3 is 1. The largest absolute Gasteiger partial charge is 0.508 e. The number of anilines is 1. The quantitative estimate of drug-likeness (QED) is 0.745. The maximum Gasteiger partial charge on any atom is 0.508 e. The lowest BCUT2D eigenvalue weighted by molar-refractivity contribution is 0.0743. The Morgan fingerprint density at radius 3 is 2.68 bits per heavy atom. The molecule has 0 aliphatic carbocycles. The molecule has 0 aromatic heterocycles. The van der Waals surface area contributed by atoms with Gasteiger partial charge in [0, 0.05) is 5.69 Å². The monoisotopic (exact) mass is 309 g/mol. The Kier molecular flexibility index (Phi) is 5.46. The van der Waals surface area contributed by atoms with Crippen LogP contribution in [0.3, 0.4) is 0 Å². The van der Waals surface area contributed by atoms with Crippen LogP contribution in [0.5, 0.6) is 0 Å². The summed E-state index contributed by atoms with van der Waals surface area (Å²) in [5.41, 5.74) is 2.09. The van der Waals surface area contributed by atoms with Crippen molar-refractivity contribution in [2.24, 2.45) is 0 Å². The molecule has 120 valence electrons. The third-order valence-corrected chi connectivity index (χ3v) is 3.22. The van der Waals surface area contributed by atoms with Gasteiger partial charge in [0.25, 0.3) is 0 Å². The van der Waals surface area contributed by atoms with Gasteiger partial charge in [0.05, 0.1) is 20.2 Å². The van der Waals surface area contributed by atoms with Gasteiger partial charge in [-0.1, -0.05) is 17.7 Å². The smallest absolute Gasteiger partial charge is 0.438 e. The van der Waals surface area contributed by atoms with E-state index in [1.807, 2.05) is 36.1 Å². The normalized spacial score (nSPS) is 16.6. The number of ether oxygens (including phenoxy) is 4. The fraction of sp³-hybridized carbons (Fsp3) is 0.467. The van der Waals surface area contributed by atoms with Crippen LogP contribution >= 0.6 is 0 Å². The third kappa shape index (κ3) is 4.54. The molecule has 7 nitrogen and oxygen atoms in total. The summed E-state index contributed by atoms with van der Waals surface area (Å²) in [6, 6.07) is 7.90. The molecule has 0 radical (unpaired) electrons. The predicted molar refractivity (Wildman–Crippen MR) is 78.0 cm³/mol. The summed E-state index contributed by atoms with van der Waals surface area (Å²) in [6.45, 7) is 3.30. The first-order chi connectivity index (χ1) is 10.6. The van der Waals surface area contributed by atoms with Gasteiger partial charge in [0.2, 0.25) is 0 Å². The molecule has 1 heterocycles. The fourth-order valence-electron chi connectivity index (χ4n) is 2.08. The first kappa shape index (κ1) is 15.9. The van der Waals surface area contributed by atoms with Crippen LogP contribution in [0.25, 0.3) is 0 Å². The van der Waals surface area contributed by atoms with Crippen molar-refractivity contribution in [3.05, 3.63) is 29.8 Å². The van der Waals surface area contributed by atoms with E-state index in [1.165, 1.54) is 7.11 Å². The Morgan fingerprint density at radius 1 is 1.36 bits per heavy atom. The number of hydrogen-bond acceptors (Lipinski definition) is 7. The number of rotatable bonds is 6. The van der Waals surface area contributed by atoms with E-state index < -0.39 is 12.3 Å². The Hall–Kier alpha value is -2.44. The summed E-state index contributed by atoms with van der Waals surface area (Å²) < 4.78 is 19.2. The van der Waals surface area contributed by atoms with Crippen molar-refractivity contribution in [2.45, 2.75) is 13.0 Å². The molecule has 0 N–H and O–H groups in total. The van der Waals surface area contributed by atoms with E-state index in [0.29, 0.717) is 13.1 Å². The average molecular weight is 309 g/mol. The maximum atomic E-state index is 11.0. The zero-order valence-corrected chi connectivity index (χ0v) is 12.6. The number of benzene rings is 1. The number of carbonyl (C=O) groups excluding carboxylic acids is 2. The van der Waals surface area contributed by atoms with E-state index in [9.17, 15) is 9.59 Å². The number of hydrogen-bond donors (Lipinski definition) is 0. The minimum Gasteiger partial charge on any atom is -0.438 e. The van der Waals surface area contributed by atoms with Crippen LogP contribution in [0, 0.1) is 6.92 Å². The number of cyclic esters (lactones) is 2. The van der Waals surface area contributed by atoms with Crippen molar-refractivity contribution < 1.29 is 28.5 Å². The molecule has 1 fully saturated rings. The maximum absolute atomic E-state index is 11.0. The lowest BCUT2D eigenvalue weighted by Gasteiger charge is -2.26. The molecule has 0 bridgehead atoms. The molecule has 1 unspecified atom stereocenters. The zero-order chi connectivity index (χ0) is 15.9. The molecule has 2 rings (SSSR count). The van der Waals surface area contributed by atoms with Gasteiger partial charge in [0.1, 0.15) is 13.2 Å². The lowest BCUT2D eigenvalue weighted by atomic mass is 10.2. The number of nitrogens with zero attached hydrogens (tertiary/aromatic N) is 1. The van der Waals surface area contributed by atoms with E-state index in [2.05, 4.69) is 4.74 Å². The minimum absolute atomic E-state index is 0.169. The SMILES string of the molecule is COC(=O)OCCN(CC1COC(=O)O1)c1ccc(C)cc1. The highest BCUT2D eigenvalue weighted by molar-refractivity contribution is 5.62. The van der Waals surface area contributed by atoms with Crippen LogP contribution in [0.2, 0.25) is 0 Å². The molecular formula is C15H19NO6. The Bertz CT molecular complexity index is 515. The van der Waals surface area contributed by atoms with Gasteiger partial charge in [-0.05, 0) is 19.1 Å². The molecule has 1 atom stereocenters. The van der Waals surface area contributed by atoms with Crippen molar-refractivity contribution in [2.75, 3.05) is 38.3 Å². The molecule has 0 spiro atoms. The molecule has 0 amide bonds. The van der Waals surface area contributed by atoms with Crippen LogP contribution in [-0.4, -0.2) is 51.8 Å². The molecule has 1 saturated heterocycles. The summed E-state index contributed by atoms with van der Waals surface area (Å²) in [5, 5.41) is 0. The van der Waals surface area contributed by atoms with Gasteiger partial charge in [-0.15, -0.1) is 0 Å². The highest BCUT2D eigenvalue weighted by Gasteiger charge is 2.27. The molecule has 1 aliphatic rings. The van der Waals surface area contributed by atoms with Crippen molar-refractivity contribution in [3.63, 3.8) is 0 Å². The summed E-state index contributed by atoms with van der Waals surface area (Å²) in [7, 11) is 1.26. The second kappa shape index (κ2) is 7.53. The van der Waals surface area contributed by atoms with Crippen LogP contribution in [-0.2, 0) is 18.9 Å². The lowest BCUT2D eigenvalue weighted by Crippen LogP contribution is -2.36.